The zero-order valence-corrected chi connectivity index (χ0v) is 24.8. The van der Waals surface area contributed by atoms with E-state index in [1.807, 2.05) is 63.0 Å². The highest BCUT2D eigenvalue weighted by atomic mass is 16.5. The summed E-state index contributed by atoms with van der Waals surface area (Å²) in [6.07, 6.45) is 5.92. The van der Waals surface area contributed by atoms with E-state index in [9.17, 15) is 14.4 Å². The minimum absolute atomic E-state index is 0.0501. The van der Waals surface area contributed by atoms with E-state index in [1.54, 1.807) is 12.0 Å². The normalized spacial score (nSPS) is 17.5. The number of carbonyl (C=O) groups excluding carboxylic acids is 3. The molecule has 4 amide bonds. The Hall–Kier alpha value is -4.21. The van der Waals surface area contributed by atoms with Gasteiger partial charge in [-0.15, -0.1) is 0 Å². The number of unbranched alkanes of at least 4 members (excludes halogenated alkanes) is 2. The van der Waals surface area contributed by atoms with E-state index in [4.69, 9.17) is 9.47 Å². The van der Waals surface area contributed by atoms with Crippen LogP contribution in [0, 0.1) is 0 Å². The first-order valence-electron chi connectivity index (χ1n) is 14.9. The molecule has 0 unspecified atom stereocenters. The van der Waals surface area contributed by atoms with Gasteiger partial charge in [-0.3, -0.25) is 14.5 Å². The third-order valence-electron chi connectivity index (χ3n) is 8.18. The lowest BCUT2D eigenvalue weighted by Gasteiger charge is -2.40. The van der Waals surface area contributed by atoms with Crippen molar-refractivity contribution >= 4 is 34.4 Å². The van der Waals surface area contributed by atoms with Crippen LogP contribution >= 0.6 is 0 Å². The summed E-state index contributed by atoms with van der Waals surface area (Å²) in [5, 5.41) is 3.76. The lowest BCUT2D eigenvalue weighted by Crippen LogP contribution is -2.53. The largest absolute Gasteiger partial charge is 0.493 e. The van der Waals surface area contributed by atoms with Crippen molar-refractivity contribution in [3.05, 3.63) is 54.2 Å². The van der Waals surface area contributed by atoms with Gasteiger partial charge in [0.25, 0.3) is 0 Å². The summed E-state index contributed by atoms with van der Waals surface area (Å²) in [7, 11) is 1.62. The third-order valence-corrected chi connectivity index (χ3v) is 8.18. The summed E-state index contributed by atoms with van der Waals surface area (Å²) in [5.74, 6) is 1.09. The van der Waals surface area contributed by atoms with Crippen molar-refractivity contribution < 1.29 is 23.9 Å². The Morgan fingerprint density at radius 2 is 1.93 bits per heavy atom. The number of carbonyl (C=O) groups is 3. The molecule has 42 heavy (non-hydrogen) atoms. The first-order valence-corrected chi connectivity index (χ1v) is 14.9. The number of benzene rings is 2. The summed E-state index contributed by atoms with van der Waals surface area (Å²) in [6, 6.07) is 13.7. The summed E-state index contributed by atoms with van der Waals surface area (Å²) in [5.41, 5.74) is 2.74. The van der Waals surface area contributed by atoms with Gasteiger partial charge in [-0.25, -0.2) is 4.79 Å². The highest BCUT2D eigenvalue weighted by Crippen LogP contribution is 2.34. The molecule has 3 heterocycles. The first kappa shape index (κ1) is 29.3. The number of hydrogen-bond donors (Lipinski definition) is 1. The number of fused-ring (bicyclic) bond motifs is 1. The molecular weight excluding hydrogens is 534 g/mol. The molecule has 3 aromatic rings. The molecule has 2 saturated heterocycles. The molecule has 0 spiro atoms. The molecule has 1 aromatic heterocycles. The summed E-state index contributed by atoms with van der Waals surface area (Å²) < 4.78 is 13.5. The number of rotatable bonds is 11. The molecule has 10 nitrogen and oxygen atoms in total. The molecule has 2 aliphatic heterocycles. The zero-order valence-electron chi connectivity index (χ0n) is 24.8. The van der Waals surface area contributed by atoms with Crippen molar-refractivity contribution in [1.29, 1.82) is 0 Å². The van der Waals surface area contributed by atoms with Gasteiger partial charge < -0.3 is 29.2 Å². The molecule has 2 aromatic carbocycles. The first-order chi connectivity index (χ1) is 20.4. The van der Waals surface area contributed by atoms with Crippen molar-refractivity contribution in [3.63, 3.8) is 0 Å². The monoisotopic (exact) mass is 575 g/mol. The van der Waals surface area contributed by atoms with Crippen molar-refractivity contribution in [3.8, 4) is 11.5 Å². The number of hydrogen-bond acceptors (Lipinski definition) is 5. The maximum Gasteiger partial charge on any atom is 0.325 e. The number of aromatic nitrogens is 1. The van der Waals surface area contributed by atoms with Crippen molar-refractivity contribution in [2.75, 3.05) is 44.8 Å². The second kappa shape index (κ2) is 13.2. The number of piperazine rings is 1. The van der Waals surface area contributed by atoms with Crippen LogP contribution in [0.1, 0.15) is 45.1 Å². The predicted molar refractivity (Wildman–Crippen MR) is 162 cm³/mol. The van der Waals surface area contributed by atoms with E-state index < -0.39 is 0 Å². The van der Waals surface area contributed by atoms with Crippen LogP contribution in [0.15, 0.2) is 48.7 Å². The molecule has 1 atom stereocenters. The SMILES string of the molecule is CCCCCOc1cc(N2CC[C@H](C)N(Cc3cccc4c3ccn4CC(=O)N3CCNC(=O)C3)C2=O)ccc1OC. The topological polar surface area (TPSA) is 96.4 Å². The number of nitrogens with zero attached hydrogens (tertiary/aromatic N) is 4. The van der Waals surface area contributed by atoms with Crippen LogP contribution in [0.2, 0.25) is 0 Å². The van der Waals surface area contributed by atoms with E-state index in [-0.39, 0.29) is 37.0 Å². The Labute approximate surface area is 247 Å². The maximum absolute atomic E-state index is 13.9. The Morgan fingerprint density at radius 3 is 2.71 bits per heavy atom. The minimum Gasteiger partial charge on any atom is -0.493 e. The quantitative estimate of drug-likeness (QED) is 0.342. The smallest absolute Gasteiger partial charge is 0.325 e. The van der Waals surface area contributed by atoms with Crippen LogP contribution in [0.4, 0.5) is 10.5 Å². The van der Waals surface area contributed by atoms with Crippen LogP contribution in [0.3, 0.4) is 0 Å². The summed E-state index contributed by atoms with van der Waals surface area (Å²) >= 11 is 0. The standard InChI is InChI=1S/C32H41N5O5/c1-4-5-6-18-42-29-19-25(10-11-28(29)41-3)36-16-12-23(2)37(32(36)40)20-24-8-7-9-27-26(24)13-15-34(27)22-31(39)35-17-14-33-30(38)21-35/h7-11,13,15,19,23H,4-6,12,14,16-18,20-22H2,1-3H3,(H,33,38)/t23-/m0/s1. The molecule has 0 saturated carbocycles. The van der Waals surface area contributed by atoms with E-state index in [0.717, 1.165) is 47.8 Å². The molecule has 0 radical (unpaired) electrons. The van der Waals surface area contributed by atoms with Gasteiger partial charge in [-0.05, 0) is 49.6 Å². The van der Waals surface area contributed by atoms with Crippen LogP contribution < -0.4 is 19.7 Å². The van der Waals surface area contributed by atoms with Crippen LogP contribution in [-0.2, 0) is 22.7 Å². The third kappa shape index (κ3) is 6.32. The Bertz CT molecular complexity index is 1440. The minimum atomic E-state index is -0.131. The molecule has 5 rings (SSSR count). The molecule has 0 bridgehead atoms. The van der Waals surface area contributed by atoms with Crippen molar-refractivity contribution in [2.45, 2.75) is 58.7 Å². The van der Waals surface area contributed by atoms with Gasteiger partial charge in [-0.2, -0.15) is 0 Å². The second-order valence-corrected chi connectivity index (χ2v) is 11.0. The fraction of sp³-hybridized carbons (Fsp3) is 0.469. The molecule has 10 heteroatoms. The average molecular weight is 576 g/mol. The fourth-order valence-electron chi connectivity index (χ4n) is 5.70. The van der Waals surface area contributed by atoms with E-state index >= 15 is 0 Å². The maximum atomic E-state index is 13.9. The van der Waals surface area contributed by atoms with E-state index in [0.29, 0.717) is 44.3 Å². The van der Waals surface area contributed by atoms with Gasteiger partial charge in [0.2, 0.25) is 11.8 Å². The number of urea groups is 1. The molecule has 1 N–H and O–H groups in total. The van der Waals surface area contributed by atoms with Crippen LogP contribution in [-0.4, -0.2) is 78.1 Å². The lowest BCUT2D eigenvalue weighted by atomic mass is 10.1. The van der Waals surface area contributed by atoms with Crippen LogP contribution in [0.25, 0.3) is 10.9 Å². The molecule has 0 aliphatic carbocycles. The van der Waals surface area contributed by atoms with Gasteiger partial charge in [-0.1, -0.05) is 31.9 Å². The van der Waals surface area contributed by atoms with Gasteiger partial charge in [0.05, 0.1) is 20.3 Å². The molecule has 2 fully saturated rings. The van der Waals surface area contributed by atoms with Gasteiger partial charge in [0, 0.05) is 61.1 Å². The average Bonchev–Trinajstić information content (AvgIpc) is 3.40. The molecular formula is C32H41N5O5. The van der Waals surface area contributed by atoms with E-state index in [2.05, 4.69) is 19.2 Å². The lowest BCUT2D eigenvalue weighted by molar-refractivity contribution is -0.138. The second-order valence-electron chi connectivity index (χ2n) is 11.0. The Kier molecular flexibility index (Phi) is 9.19. The van der Waals surface area contributed by atoms with Crippen LogP contribution in [0.5, 0.6) is 11.5 Å². The molecule has 224 valence electrons. The fourth-order valence-corrected chi connectivity index (χ4v) is 5.70. The number of methoxy groups -OCH3 is 1. The van der Waals surface area contributed by atoms with Gasteiger partial charge >= 0.3 is 6.03 Å². The number of anilines is 1. The van der Waals surface area contributed by atoms with Crippen molar-refractivity contribution in [2.24, 2.45) is 0 Å². The predicted octanol–water partition coefficient (Wildman–Crippen LogP) is 4.40. The zero-order chi connectivity index (χ0) is 29.6. The summed E-state index contributed by atoms with van der Waals surface area (Å²) in [4.78, 5) is 43.9. The highest BCUT2D eigenvalue weighted by Gasteiger charge is 2.32. The molecule has 2 aliphatic rings. The summed E-state index contributed by atoms with van der Waals surface area (Å²) in [6.45, 7) is 7.17. The number of ether oxygens (including phenoxy) is 2. The van der Waals surface area contributed by atoms with Gasteiger partial charge in [0.1, 0.15) is 6.54 Å². The Balaban J connectivity index is 1.32. The van der Waals surface area contributed by atoms with Gasteiger partial charge in [0.15, 0.2) is 11.5 Å². The van der Waals surface area contributed by atoms with E-state index in [1.165, 1.54) is 0 Å². The number of amides is 4. The highest BCUT2D eigenvalue weighted by molar-refractivity contribution is 5.94. The van der Waals surface area contributed by atoms with Crippen molar-refractivity contribution in [1.82, 2.24) is 19.7 Å². The number of nitrogens with one attached hydrogen (secondary N) is 1. The Morgan fingerprint density at radius 1 is 1.07 bits per heavy atom.